The molecule has 0 spiro atoms. The summed E-state index contributed by atoms with van der Waals surface area (Å²) in [5.41, 5.74) is 1.28. The molecule has 0 aliphatic carbocycles. The molecule has 4 heterocycles. The van der Waals surface area contributed by atoms with Gasteiger partial charge in [-0.2, -0.15) is 5.10 Å². The second kappa shape index (κ2) is 12.3. The summed E-state index contributed by atoms with van der Waals surface area (Å²) in [7, 11) is 1.55. The summed E-state index contributed by atoms with van der Waals surface area (Å²) in [6.45, 7) is 0.801. The Balaban J connectivity index is 1.33. The normalized spacial score (nSPS) is 13.8. The molecular weight excluding hydrogens is 561 g/mol. The van der Waals surface area contributed by atoms with E-state index in [9.17, 15) is 14.4 Å². The molecule has 1 aliphatic rings. The van der Waals surface area contributed by atoms with Crippen LogP contribution in [-0.4, -0.2) is 97.5 Å². The third-order valence-electron chi connectivity index (χ3n) is 7.07. The predicted molar refractivity (Wildman–Crippen MR) is 155 cm³/mol. The first kappa shape index (κ1) is 29.2. The van der Waals surface area contributed by atoms with E-state index in [2.05, 4.69) is 25.5 Å². The Morgan fingerprint density at radius 1 is 1.16 bits per heavy atom. The number of rotatable bonds is 7. The Labute approximate surface area is 244 Å². The number of aromatic amines is 1. The van der Waals surface area contributed by atoms with Crippen LogP contribution in [0.1, 0.15) is 20.8 Å². The van der Waals surface area contributed by atoms with E-state index in [0.717, 1.165) is 6.20 Å². The Hall–Kier alpha value is -5.35. The van der Waals surface area contributed by atoms with Gasteiger partial charge in [0.15, 0.2) is 5.82 Å². The molecule has 1 aromatic carbocycles. The molecule has 1 fully saturated rings. The van der Waals surface area contributed by atoms with E-state index in [-0.39, 0.29) is 59.8 Å². The summed E-state index contributed by atoms with van der Waals surface area (Å²) < 4.78 is 16.4. The number of piperazine rings is 1. The summed E-state index contributed by atoms with van der Waals surface area (Å²) in [6.07, 6.45) is 2.20. The van der Waals surface area contributed by atoms with Crippen molar-refractivity contribution in [2.75, 3.05) is 44.3 Å². The number of anilines is 1. The number of aromatic nitrogens is 4. The molecule has 15 nitrogen and oxygen atoms in total. The van der Waals surface area contributed by atoms with Gasteiger partial charge < -0.3 is 31.0 Å². The molecule has 4 aromatic rings. The van der Waals surface area contributed by atoms with Crippen LogP contribution in [0.2, 0.25) is 0 Å². The first-order chi connectivity index (χ1) is 20.7. The molecule has 0 saturated carbocycles. The number of hydrazone groups is 1. The molecule has 0 bridgehead atoms. The van der Waals surface area contributed by atoms with Crippen LogP contribution in [0.15, 0.2) is 53.9 Å². The van der Waals surface area contributed by atoms with E-state index in [4.69, 9.17) is 16.8 Å². The number of hydrogen-bond donors (Lipinski definition) is 5. The largest absolute Gasteiger partial charge is 0.395 e. The number of guanidine groups is 1. The minimum Gasteiger partial charge on any atom is -0.395 e. The van der Waals surface area contributed by atoms with Crippen LogP contribution in [-0.2, 0) is 11.8 Å². The molecule has 1 saturated heterocycles. The molecule has 224 valence electrons. The number of carbonyl (C=O) groups is 3. The SMILES string of the molecule is Cn1nc(-c2ncc(F)c3c(C(=O)C(=O)N4CCN(/C(=N/N)N(N)c5ccccc5)CC4)c[nH]c23)cc1C(=O)NCCO. The standard InChI is InChI=1S/C27H30FN11O4/c1-36-20(25(42)31-7-12-40)13-19(35-36)22-23-21(18(28)15-33-22)17(14-32-23)24(41)26(43)37-8-10-38(11-9-37)27(34-29)39(30)16-5-3-2-4-6-16/h2-6,13-15,32,40H,7-12,29-30H2,1H3,(H,31,42)/b34-27-. The van der Waals surface area contributed by atoms with Gasteiger partial charge in [-0.1, -0.05) is 18.2 Å². The second-order valence-corrected chi connectivity index (χ2v) is 9.67. The fourth-order valence-corrected chi connectivity index (χ4v) is 4.91. The van der Waals surface area contributed by atoms with Gasteiger partial charge in [0.05, 0.1) is 35.0 Å². The third kappa shape index (κ3) is 5.60. The third-order valence-corrected chi connectivity index (χ3v) is 7.07. The number of benzene rings is 1. The lowest BCUT2D eigenvalue weighted by Gasteiger charge is -2.38. The van der Waals surface area contributed by atoms with Crippen molar-refractivity contribution in [1.82, 2.24) is 34.9 Å². The molecule has 1 aliphatic heterocycles. The van der Waals surface area contributed by atoms with Gasteiger partial charge in [-0.25, -0.2) is 20.2 Å². The molecule has 2 amide bonds. The quantitative estimate of drug-likeness (QED) is 0.0476. The Morgan fingerprint density at radius 3 is 2.53 bits per heavy atom. The number of hydrazine groups is 1. The summed E-state index contributed by atoms with van der Waals surface area (Å²) in [5.74, 6) is 9.19. The zero-order valence-corrected chi connectivity index (χ0v) is 23.2. The van der Waals surface area contributed by atoms with E-state index in [1.807, 2.05) is 18.2 Å². The smallest absolute Gasteiger partial charge is 0.295 e. The van der Waals surface area contributed by atoms with Crippen LogP contribution in [0.3, 0.4) is 0 Å². The lowest BCUT2D eigenvalue weighted by atomic mass is 10.1. The van der Waals surface area contributed by atoms with Crippen LogP contribution in [0.25, 0.3) is 22.3 Å². The van der Waals surface area contributed by atoms with Gasteiger partial charge in [0.25, 0.3) is 17.6 Å². The van der Waals surface area contributed by atoms with E-state index in [1.54, 1.807) is 24.1 Å². The van der Waals surface area contributed by atoms with Crippen molar-refractivity contribution in [2.45, 2.75) is 0 Å². The molecule has 7 N–H and O–H groups in total. The fraction of sp³-hybridized carbons (Fsp3) is 0.259. The Kier molecular flexibility index (Phi) is 8.31. The minimum atomic E-state index is -0.890. The molecule has 5 rings (SSSR count). The average molecular weight is 592 g/mol. The molecule has 16 heteroatoms. The van der Waals surface area contributed by atoms with E-state index < -0.39 is 23.4 Å². The number of ketones is 1. The zero-order valence-electron chi connectivity index (χ0n) is 23.2. The van der Waals surface area contributed by atoms with Crippen LogP contribution < -0.4 is 22.0 Å². The highest BCUT2D eigenvalue weighted by molar-refractivity contribution is 6.45. The topological polar surface area (TPSA) is 204 Å². The number of Topliss-reactive ketones (excluding diaryl/α,β-unsaturated/α-hetero) is 1. The zero-order chi connectivity index (χ0) is 30.7. The van der Waals surface area contributed by atoms with E-state index >= 15 is 4.39 Å². The van der Waals surface area contributed by atoms with Crippen LogP contribution in [0.5, 0.6) is 0 Å². The van der Waals surface area contributed by atoms with Crippen molar-refractivity contribution in [1.29, 1.82) is 0 Å². The average Bonchev–Trinajstić information content (AvgIpc) is 3.65. The number of carbonyl (C=O) groups excluding carboxylic acids is 3. The first-order valence-electron chi connectivity index (χ1n) is 13.3. The van der Waals surface area contributed by atoms with Gasteiger partial charge in [-0.05, 0) is 18.2 Å². The van der Waals surface area contributed by atoms with Crippen LogP contribution >= 0.6 is 0 Å². The molecule has 0 radical (unpaired) electrons. The van der Waals surface area contributed by atoms with Gasteiger partial charge in [0, 0.05) is 46.0 Å². The van der Waals surface area contributed by atoms with Crippen molar-refractivity contribution in [3.63, 3.8) is 0 Å². The minimum absolute atomic E-state index is 0.0600. The maximum Gasteiger partial charge on any atom is 0.295 e. The van der Waals surface area contributed by atoms with Gasteiger partial charge in [-0.15, -0.1) is 5.10 Å². The Bertz CT molecular complexity index is 1690. The lowest BCUT2D eigenvalue weighted by Crippen LogP contribution is -2.57. The van der Waals surface area contributed by atoms with Gasteiger partial charge in [-0.3, -0.25) is 19.1 Å². The van der Waals surface area contributed by atoms with Gasteiger partial charge in [0.2, 0.25) is 5.96 Å². The number of aliphatic hydroxyl groups is 1. The van der Waals surface area contributed by atoms with Crippen molar-refractivity contribution < 1.29 is 23.9 Å². The summed E-state index contributed by atoms with van der Waals surface area (Å²) in [4.78, 5) is 49.2. The molecule has 0 unspecified atom stereocenters. The number of pyridine rings is 1. The van der Waals surface area contributed by atoms with Gasteiger partial charge >= 0.3 is 0 Å². The van der Waals surface area contributed by atoms with E-state index in [0.29, 0.717) is 24.7 Å². The number of fused-ring (bicyclic) bond motifs is 1. The summed E-state index contributed by atoms with van der Waals surface area (Å²) in [6, 6.07) is 10.6. The maximum absolute atomic E-state index is 15.1. The number of aliphatic hydroxyl groups excluding tert-OH is 1. The monoisotopic (exact) mass is 591 g/mol. The second-order valence-electron chi connectivity index (χ2n) is 9.67. The number of aryl methyl sites for hydroxylation is 1. The highest BCUT2D eigenvalue weighted by atomic mass is 19.1. The Morgan fingerprint density at radius 2 is 1.86 bits per heavy atom. The number of nitrogens with two attached hydrogens (primary N) is 2. The number of amides is 2. The number of para-hydroxylation sites is 1. The maximum atomic E-state index is 15.1. The van der Waals surface area contributed by atoms with E-state index in [1.165, 1.54) is 26.9 Å². The van der Waals surface area contributed by atoms with Crippen molar-refractivity contribution >= 4 is 40.1 Å². The number of nitrogens with one attached hydrogen (secondary N) is 2. The summed E-state index contributed by atoms with van der Waals surface area (Å²) >= 11 is 0. The molecule has 0 atom stereocenters. The van der Waals surface area contributed by atoms with Crippen molar-refractivity contribution in [2.24, 2.45) is 23.8 Å². The number of nitrogens with zero attached hydrogens (tertiary/aromatic N) is 7. The summed E-state index contributed by atoms with van der Waals surface area (Å²) in [5, 5.41) is 20.9. The van der Waals surface area contributed by atoms with Crippen molar-refractivity contribution in [3.8, 4) is 11.4 Å². The predicted octanol–water partition coefficient (Wildman–Crippen LogP) is -0.238. The van der Waals surface area contributed by atoms with Crippen molar-refractivity contribution in [3.05, 3.63) is 65.9 Å². The number of H-pyrrole nitrogens is 1. The van der Waals surface area contributed by atoms with Crippen LogP contribution in [0, 0.1) is 5.82 Å². The molecular formula is C27H30FN11O4. The number of halogens is 1. The fourth-order valence-electron chi connectivity index (χ4n) is 4.91. The first-order valence-corrected chi connectivity index (χ1v) is 13.3. The molecule has 43 heavy (non-hydrogen) atoms. The number of hydrogen-bond acceptors (Lipinski definition) is 9. The highest BCUT2D eigenvalue weighted by Gasteiger charge is 2.32. The highest BCUT2D eigenvalue weighted by Crippen LogP contribution is 2.30. The molecule has 3 aromatic heterocycles. The van der Waals surface area contributed by atoms with Crippen LogP contribution in [0.4, 0.5) is 10.1 Å². The van der Waals surface area contributed by atoms with Gasteiger partial charge in [0.1, 0.15) is 17.1 Å². The lowest BCUT2D eigenvalue weighted by molar-refractivity contribution is -0.127.